The van der Waals surface area contributed by atoms with E-state index in [2.05, 4.69) is 0 Å². The van der Waals surface area contributed by atoms with Gasteiger partial charge < -0.3 is 9.47 Å². The molecule has 0 heterocycles. The van der Waals surface area contributed by atoms with Crippen molar-refractivity contribution in [3.05, 3.63) is 58.1 Å². The Morgan fingerprint density at radius 3 is 2.17 bits per heavy atom. The molecule has 118 valence electrons. The number of ether oxygens (including phenoxy) is 2. The molecule has 2 unspecified atom stereocenters. The quantitative estimate of drug-likeness (QED) is 0.443. The van der Waals surface area contributed by atoms with Crippen LogP contribution in [0.5, 0.6) is 5.75 Å². The van der Waals surface area contributed by atoms with Crippen LogP contribution in [0.3, 0.4) is 0 Å². The Bertz CT molecular complexity index is 645. The summed E-state index contributed by atoms with van der Waals surface area (Å²) in [7, 11) is 1.52. The summed E-state index contributed by atoms with van der Waals surface area (Å²) in [6.07, 6.45) is -0.322. The Labute approximate surface area is 159 Å². The van der Waals surface area contributed by atoms with Gasteiger partial charge >= 0.3 is 18.9 Å². The first-order chi connectivity index (χ1) is 10.5. The standard InChI is InChI=1S/C16H15Cl2O3P.Li.H/c1-10(20-2)21-11-6-8-12(9-7-11)22-16(19)15-13(17)4-3-5-14(15)18;;/h3-10,22H,1-2H3;;. The zero-order valence-corrected chi connectivity index (χ0v) is 14.6. The van der Waals surface area contributed by atoms with Crippen LogP contribution in [0.1, 0.15) is 17.3 Å². The molecule has 0 saturated heterocycles. The van der Waals surface area contributed by atoms with E-state index in [1.807, 2.05) is 12.1 Å². The molecule has 2 aromatic carbocycles. The van der Waals surface area contributed by atoms with Gasteiger partial charge in [0, 0.05) is 7.11 Å². The maximum atomic E-state index is 12.4. The molecule has 0 aliphatic heterocycles. The average Bonchev–Trinajstić information content (AvgIpc) is 2.49. The summed E-state index contributed by atoms with van der Waals surface area (Å²) < 4.78 is 10.5. The van der Waals surface area contributed by atoms with Crippen LogP contribution in [0.15, 0.2) is 42.5 Å². The molecule has 3 nitrogen and oxygen atoms in total. The number of hydrogen-bond donors (Lipinski definition) is 0. The van der Waals surface area contributed by atoms with Crippen LogP contribution in [-0.4, -0.2) is 37.8 Å². The van der Waals surface area contributed by atoms with E-state index in [0.717, 1.165) is 5.30 Å². The summed E-state index contributed by atoms with van der Waals surface area (Å²) in [6, 6.07) is 12.3. The van der Waals surface area contributed by atoms with Crippen LogP contribution in [0.25, 0.3) is 0 Å². The summed E-state index contributed by atoms with van der Waals surface area (Å²) in [5.74, 6) is 0.686. The van der Waals surface area contributed by atoms with Crippen molar-refractivity contribution in [1.82, 2.24) is 0 Å². The molecule has 0 amide bonds. The Hall–Kier alpha value is -0.523. The molecule has 0 aliphatic rings. The second-order valence-electron chi connectivity index (χ2n) is 4.50. The van der Waals surface area contributed by atoms with Crippen molar-refractivity contribution in [1.29, 1.82) is 0 Å². The van der Waals surface area contributed by atoms with E-state index in [0.29, 0.717) is 21.4 Å². The summed E-state index contributed by atoms with van der Waals surface area (Å²) in [4.78, 5) is 12.4. The van der Waals surface area contributed by atoms with E-state index in [1.54, 1.807) is 44.4 Å². The zero-order valence-electron chi connectivity index (χ0n) is 12.1. The third-order valence-electron chi connectivity index (χ3n) is 2.94. The molecule has 0 saturated carbocycles. The zero-order chi connectivity index (χ0) is 16.1. The van der Waals surface area contributed by atoms with Crippen LogP contribution in [0, 0.1) is 0 Å². The van der Waals surface area contributed by atoms with Gasteiger partial charge in [-0.15, -0.1) is 0 Å². The molecule has 0 bridgehead atoms. The fraction of sp³-hybridized carbons (Fsp3) is 0.188. The minimum atomic E-state index is -0.322. The number of hydrogen-bond acceptors (Lipinski definition) is 3. The molecular weight excluding hydrogens is 349 g/mol. The van der Waals surface area contributed by atoms with Crippen molar-refractivity contribution >= 4 is 61.5 Å². The molecule has 2 atom stereocenters. The van der Waals surface area contributed by atoms with Crippen molar-refractivity contribution in [3.63, 3.8) is 0 Å². The fourth-order valence-corrected chi connectivity index (χ4v) is 3.48. The number of benzene rings is 2. The van der Waals surface area contributed by atoms with Crippen molar-refractivity contribution < 1.29 is 14.3 Å². The van der Waals surface area contributed by atoms with Crippen LogP contribution < -0.4 is 10.0 Å². The van der Waals surface area contributed by atoms with Crippen LogP contribution in [0.2, 0.25) is 10.0 Å². The number of methoxy groups -OCH3 is 1. The fourth-order valence-electron chi connectivity index (χ4n) is 1.76. The molecule has 23 heavy (non-hydrogen) atoms. The normalized spacial score (nSPS) is 12.0. The van der Waals surface area contributed by atoms with Crippen molar-refractivity contribution in [2.45, 2.75) is 13.2 Å². The van der Waals surface area contributed by atoms with Gasteiger partial charge in [-0.05, 0) is 45.1 Å². The minimum absolute atomic E-state index is 0. The molecule has 0 N–H and O–H groups in total. The van der Waals surface area contributed by atoms with Crippen LogP contribution >= 0.6 is 31.8 Å². The van der Waals surface area contributed by atoms with E-state index in [4.69, 9.17) is 32.7 Å². The van der Waals surface area contributed by atoms with Gasteiger partial charge in [-0.2, -0.15) is 0 Å². The van der Waals surface area contributed by atoms with E-state index < -0.39 is 0 Å². The Kier molecular flexibility index (Phi) is 8.65. The Morgan fingerprint density at radius 2 is 1.65 bits per heavy atom. The van der Waals surface area contributed by atoms with Crippen LogP contribution in [-0.2, 0) is 4.74 Å². The topological polar surface area (TPSA) is 35.5 Å². The van der Waals surface area contributed by atoms with Gasteiger partial charge in [0.05, 0.1) is 15.6 Å². The molecule has 0 radical (unpaired) electrons. The predicted molar refractivity (Wildman–Crippen MR) is 99.4 cm³/mol. The molecule has 0 aliphatic carbocycles. The van der Waals surface area contributed by atoms with Gasteiger partial charge in [0.25, 0.3) is 0 Å². The molecule has 2 aromatic rings. The maximum absolute atomic E-state index is 12.4. The molecule has 0 fully saturated rings. The van der Waals surface area contributed by atoms with E-state index >= 15 is 0 Å². The van der Waals surface area contributed by atoms with Gasteiger partial charge in [-0.25, -0.2) is 0 Å². The summed E-state index contributed by atoms with van der Waals surface area (Å²) in [5.41, 5.74) is 0.284. The number of rotatable bonds is 6. The Balaban J connectivity index is 0.00000264. The van der Waals surface area contributed by atoms with Crippen LogP contribution in [0.4, 0.5) is 0 Å². The molecule has 0 aromatic heterocycles. The number of halogens is 2. The van der Waals surface area contributed by atoms with Gasteiger partial charge in [-0.3, -0.25) is 4.79 Å². The Morgan fingerprint density at radius 1 is 1.09 bits per heavy atom. The van der Waals surface area contributed by atoms with Gasteiger partial charge in [-0.1, -0.05) is 41.4 Å². The van der Waals surface area contributed by atoms with Crippen molar-refractivity contribution in [2.75, 3.05) is 7.11 Å². The van der Waals surface area contributed by atoms with Gasteiger partial charge in [0.15, 0.2) is 11.8 Å². The summed E-state index contributed by atoms with van der Waals surface area (Å²) in [6.45, 7) is 1.80. The SMILES string of the molecule is COC(C)Oc1ccc(PC(=O)c2c(Cl)cccc2Cl)cc1.[LiH]. The summed E-state index contributed by atoms with van der Waals surface area (Å²) >= 11 is 12.1. The third-order valence-corrected chi connectivity index (χ3v) is 4.66. The predicted octanol–water partition coefficient (Wildman–Crippen LogP) is 3.86. The van der Waals surface area contributed by atoms with Gasteiger partial charge in [0.2, 0.25) is 0 Å². The monoisotopic (exact) mass is 364 g/mol. The number of carbonyl (C=O) groups is 1. The molecule has 7 heteroatoms. The second-order valence-corrected chi connectivity index (χ2v) is 6.59. The molecule has 0 spiro atoms. The van der Waals surface area contributed by atoms with Crippen molar-refractivity contribution in [2.24, 2.45) is 0 Å². The van der Waals surface area contributed by atoms with Crippen molar-refractivity contribution in [3.8, 4) is 5.75 Å². The second kappa shape index (κ2) is 9.70. The van der Waals surface area contributed by atoms with Gasteiger partial charge in [0.1, 0.15) is 5.75 Å². The first-order valence-electron chi connectivity index (χ1n) is 6.56. The first kappa shape index (κ1) is 20.5. The third kappa shape index (κ3) is 5.80. The summed E-state index contributed by atoms with van der Waals surface area (Å²) in [5, 5.41) is 1.64. The first-order valence-corrected chi connectivity index (χ1v) is 8.31. The number of carbonyl (C=O) groups excluding carboxylic acids is 1. The van der Waals surface area contributed by atoms with E-state index in [9.17, 15) is 4.79 Å². The van der Waals surface area contributed by atoms with E-state index in [-0.39, 0.29) is 39.3 Å². The molecular formula is C16H16Cl2LiO3P. The average molecular weight is 365 g/mol. The molecule has 2 rings (SSSR count). The van der Waals surface area contributed by atoms with E-state index in [1.165, 1.54) is 0 Å².